The smallest absolute Gasteiger partial charge is 0.378 e. The fourth-order valence-corrected chi connectivity index (χ4v) is 4.38. The van der Waals surface area contributed by atoms with Crippen LogP contribution in [0.4, 0.5) is 19.1 Å². The van der Waals surface area contributed by atoms with Crippen LogP contribution in [-0.4, -0.2) is 55.8 Å². The van der Waals surface area contributed by atoms with E-state index in [-0.39, 0.29) is 22.1 Å². The zero-order valence-electron chi connectivity index (χ0n) is 19.6. The van der Waals surface area contributed by atoms with E-state index in [9.17, 15) is 22.8 Å². The van der Waals surface area contributed by atoms with Gasteiger partial charge in [0.2, 0.25) is 5.95 Å². The first-order chi connectivity index (χ1) is 18.3. The van der Waals surface area contributed by atoms with Crippen molar-refractivity contribution in [2.24, 2.45) is 0 Å². The zero-order valence-corrected chi connectivity index (χ0v) is 19.6. The molecule has 6 rings (SSSR count). The molecule has 0 spiro atoms. The molecule has 5 heterocycles. The van der Waals surface area contributed by atoms with Gasteiger partial charge in [-0.3, -0.25) is 19.3 Å². The molecular weight excluding hydrogens is 503 g/mol. The van der Waals surface area contributed by atoms with Gasteiger partial charge in [-0.15, -0.1) is 0 Å². The Hall–Kier alpha value is -4.65. The molecule has 1 aromatic carbocycles. The van der Waals surface area contributed by atoms with Crippen LogP contribution < -0.4 is 16.1 Å². The number of morpholine rings is 1. The summed E-state index contributed by atoms with van der Waals surface area (Å²) in [5.74, 6) is 0.551. The molecule has 1 N–H and O–H groups in total. The minimum atomic E-state index is -4.62. The van der Waals surface area contributed by atoms with Crippen molar-refractivity contribution in [3.63, 3.8) is 0 Å². The van der Waals surface area contributed by atoms with Gasteiger partial charge in [0.05, 0.1) is 46.6 Å². The van der Waals surface area contributed by atoms with E-state index >= 15 is 0 Å². The van der Waals surface area contributed by atoms with Crippen molar-refractivity contribution in [1.29, 1.82) is 0 Å². The SMILES string of the molecule is O=c1[nH]c(=O)n(-c2cccc(C(F)(F)F)c2)c2c1cnc1ccc(-c3cnc(N4CCOCC4)nc3)nc12. The Labute approximate surface area is 211 Å². The second-order valence-electron chi connectivity index (χ2n) is 8.60. The highest BCUT2D eigenvalue weighted by Gasteiger charge is 2.31. The normalized spacial score (nSPS) is 14.3. The van der Waals surface area contributed by atoms with Crippen LogP contribution in [0.2, 0.25) is 0 Å². The summed E-state index contributed by atoms with van der Waals surface area (Å²) in [6, 6.07) is 7.62. The lowest BCUT2D eigenvalue weighted by atomic mass is 10.1. The van der Waals surface area contributed by atoms with E-state index in [1.165, 1.54) is 18.3 Å². The molecule has 1 aliphatic rings. The summed E-state index contributed by atoms with van der Waals surface area (Å²) in [6.07, 6.45) is -0.143. The molecule has 0 aliphatic carbocycles. The molecule has 0 amide bonds. The molecule has 5 aromatic rings. The molecule has 0 unspecified atom stereocenters. The minimum absolute atomic E-state index is 0.00178. The predicted octanol–water partition coefficient (Wildman–Crippen LogP) is 2.93. The Morgan fingerprint density at radius 2 is 1.71 bits per heavy atom. The number of nitrogens with one attached hydrogen (secondary N) is 1. The van der Waals surface area contributed by atoms with Gasteiger partial charge in [-0.25, -0.2) is 19.7 Å². The van der Waals surface area contributed by atoms with Crippen LogP contribution in [0.3, 0.4) is 0 Å². The Morgan fingerprint density at radius 3 is 2.45 bits per heavy atom. The molecule has 0 atom stereocenters. The van der Waals surface area contributed by atoms with E-state index in [0.717, 1.165) is 16.7 Å². The van der Waals surface area contributed by atoms with Crippen molar-refractivity contribution in [1.82, 2.24) is 29.5 Å². The molecule has 1 fully saturated rings. The van der Waals surface area contributed by atoms with Crippen LogP contribution in [0.15, 0.2) is 64.6 Å². The average molecular weight is 521 g/mol. The van der Waals surface area contributed by atoms with Gasteiger partial charge >= 0.3 is 11.9 Å². The number of aromatic amines is 1. The Bertz CT molecular complexity index is 1790. The lowest BCUT2D eigenvalue weighted by Crippen LogP contribution is -2.37. The number of aromatic nitrogens is 6. The molecule has 38 heavy (non-hydrogen) atoms. The van der Waals surface area contributed by atoms with Crippen molar-refractivity contribution in [2.45, 2.75) is 6.18 Å². The summed E-state index contributed by atoms with van der Waals surface area (Å²) in [7, 11) is 0. The first-order valence-electron chi connectivity index (χ1n) is 11.6. The molecular formula is C25H18F3N7O3. The van der Waals surface area contributed by atoms with E-state index < -0.39 is 23.0 Å². The van der Waals surface area contributed by atoms with E-state index in [1.54, 1.807) is 24.5 Å². The van der Waals surface area contributed by atoms with Gasteiger partial charge in [0.1, 0.15) is 5.52 Å². The molecule has 10 nitrogen and oxygen atoms in total. The standard InChI is InChI=1S/C25H18F3N7O3/c26-25(27,28)15-2-1-3-16(10-15)35-21-17(22(36)33-24(35)37)13-29-19-5-4-18(32-20(19)21)14-11-30-23(31-12-14)34-6-8-38-9-7-34/h1-5,10-13H,6-9H2,(H,33,36,37). The topological polar surface area (TPSA) is 119 Å². The second kappa shape index (κ2) is 9.03. The summed E-state index contributed by atoms with van der Waals surface area (Å²) in [5, 5.41) is -0.00178. The number of rotatable bonds is 3. The summed E-state index contributed by atoms with van der Waals surface area (Å²) in [5.41, 5.74) is -1.10. The van der Waals surface area contributed by atoms with Crippen molar-refractivity contribution in [3.05, 3.63) is 81.4 Å². The number of fused-ring (bicyclic) bond motifs is 3. The van der Waals surface area contributed by atoms with Gasteiger partial charge in [-0.2, -0.15) is 13.2 Å². The highest BCUT2D eigenvalue weighted by molar-refractivity contribution is 6.01. The predicted molar refractivity (Wildman–Crippen MR) is 132 cm³/mol. The third-order valence-corrected chi connectivity index (χ3v) is 6.24. The van der Waals surface area contributed by atoms with Crippen LogP contribution in [0.5, 0.6) is 0 Å². The fraction of sp³-hybridized carbons (Fsp3) is 0.200. The monoisotopic (exact) mass is 521 g/mol. The van der Waals surface area contributed by atoms with Crippen molar-refractivity contribution in [2.75, 3.05) is 31.2 Å². The van der Waals surface area contributed by atoms with Gasteiger partial charge in [0.25, 0.3) is 5.56 Å². The Morgan fingerprint density at radius 1 is 0.947 bits per heavy atom. The van der Waals surface area contributed by atoms with E-state index in [4.69, 9.17) is 4.74 Å². The largest absolute Gasteiger partial charge is 0.416 e. The quantitative estimate of drug-likeness (QED) is 0.360. The third-order valence-electron chi connectivity index (χ3n) is 6.24. The van der Waals surface area contributed by atoms with Crippen molar-refractivity contribution >= 4 is 27.9 Å². The number of anilines is 1. The number of pyridine rings is 2. The van der Waals surface area contributed by atoms with E-state index in [0.29, 0.717) is 49.0 Å². The summed E-state index contributed by atoms with van der Waals surface area (Å²) in [6.45, 7) is 2.52. The molecule has 0 bridgehead atoms. The number of ether oxygens (including phenoxy) is 1. The molecule has 4 aromatic heterocycles. The zero-order chi connectivity index (χ0) is 26.4. The maximum atomic E-state index is 13.4. The minimum Gasteiger partial charge on any atom is -0.378 e. The molecule has 0 radical (unpaired) electrons. The summed E-state index contributed by atoms with van der Waals surface area (Å²) >= 11 is 0. The van der Waals surface area contributed by atoms with E-state index in [1.807, 2.05) is 4.90 Å². The van der Waals surface area contributed by atoms with Crippen molar-refractivity contribution < 1.29 is 17.9 Å². The first kappa shape index (κ1) is 23.7. The highest BCUT2D eigenvalue weighted by atomic mass is 19.4. The van der Waals surface area contributed by atoms with Gasteiger partial charge < -0.3 is 9.64 Å². The molecule has 0 saturated carbocycles. The average Bonchev–Trinajstić information content (AvgIpc) is 2.93. The second-order valence-corrected chi connectivity index (χ2v) is 8.60. The van der Waals surface area contributed by atoms with Crippen LogP contribution in [0.25, 0.3) is 38.9 Å². The lowest BCUT2D eigenvalue weighted by molar-refractivity contribution is -0.137. The molecule has 1 aliphatic heterocycles. The summed E-state index contributed by atoms with van der Waals surface area (Å²) < 4.78 is 46.6. The van der Waals surface area contributed by atoms with Gasteiger partial charge in [-0.05, 0) is 30.3 Å². The first-order valence-corrected chi connectivity index (χ1v) is 11.6. The van der Waals surface area contributed by atoms with E-state index in [2.05, 4.69) is 24.9 Å². The lowest BCUT2D eigenvalue weighted by Gasteiger charge is -2.26. The number of halogens is 3. The number of H-pyrrole nitrogens is 1. The van der Waals surface area contributed by atoms with Crippen LogP contribution >= 0.6 is 0 Å². The van der Waals surface area contributed by atoms with Gasteiger partial charge in [0.15, 0.2) is 0 Å². The highest BCUT2D eigenvalue weighted by Crippen LogP contribution is 2.31. The number of benzene rings is 1. The number of hydrogen-bond donors (Lipinski definition) is 1. The molecule has 192 valence electrons. The molecule has 13 heteroatoms. The Balaban J connectivity index is 1.54. The van der Waals surface area contributed by atoms with Gasteiger partial charge in [0, 0.05) is 37.2 Å². The molecule has 1 saturated heterocycles. The fourth-order valence-electron chi connectivity index (χ4n) is 4.38. The maximum Gasteiger partial charge on any atom is 0.416 e. The van der Waals surface area contributed by atoms with Crippen LogP contribution in [0, 0.1) is 0 Å². The number of hydrogen-bond acceptors (Lipinski definition) is 8. The van der Waals surface area contributed by atoms with Gasteiger partial charge in [-0.1, -0.05) is 6.07 Å². The number of alkyl halides is 3. The van der Waals surface area contributed by atoms with Crippen LogP contribution in [0.1, 0.15) is 5.56 Å². The third kappa shape index (κ3) is 4.16. The van der Waals surface area contributed by atoms with Crippen molar-refractivity contribution in [3.8, 4) is 16.9 Å². The number of nitrogens with zero attached hydrogens (tertiary/aromatic N) is 6. The maximum absolute atomic E-state index is 13.4. The summed E-state index contributed by atoms with van der Waals surface area (Å²) in [4.78, 5) is 47.5. The Kier molecular flexibility index (Phi) is 5.64. The van der Waals surface area contributed by atoms with Crippen LogP contribution in [-0.2, 0) is 10.9 Å².